The topological polar surface area (TPSA) is 120 Å². The molecule has 0 spiro atoms. The molecule has 2 heterocycles. The Kier molecular flexibility index (Phi) is 5.22. The molecule has 0 bridgehead atoms. The molecule has 8 nitrogen and oxygen atoms in total. The van der Waals surface area contributed by atoms with Crippen molar-refractivity contribution in [3.8, 4) is 0 Å². The van der Waals surface area contributed by atoms with E-state index in [0.29, 0.717) is 30.5 Å². The Morgan fingerprint density at radius 3 is 2.63 bits per heavy atom. The predicted octanol–water partition coefficient (Wildman–Crippen LogP) is 1.23. The summed E-state index contributed by atoms with van der Waals surface area (Å²) in [4.78, 5) is 38.0. The zero-order chi connectivity index (χ0) is 21.3. The number of benzene rings is 2. The van der Waals surface area contributed by atoms with E-state index in [4.69, 9.17) is 4.42 Å². The normalized spacial score (nSPS) is 12.4. The van der Waals surface area contributed by atoms with Gasteiger partial charge in [0, 0.05) is 29.0 Å². The highest BCUT2D eigenvalue weighted by Crippen LogP contribution is 2.31. The number of fused-ring (bicyclic) bond motifs is 1. The van der Waals surface area contributed by atoms with E-state index in [1.807, 2.05) is 6.07 Å². The minimum Gasteiger partial charge on any atom is -0.472 e. The lowest BCUT2D eigenvalue weighted by Gasteiger charge is -2.16. The first kappa shape index (κ1) is 19.6. The van der Waals surface area contributed by atoms with E-state index in [2.05, 4.69) is 5.32 Å². The summed E-state index contributed by atoms with van der Waals surface area (Å²) in [5.74, 6) is -0.590. The number of carbonyl (C=O) groups excluding carboxylic acids is 3. The fourth-order valence-corrected chi connectivity index (χ4v) is 3.49. The van der Waals surface area contributed by atoms with E-state index >= 15 is 0 Å². The Labute approximate surface area is 171 Å². The Morgan fingerprint density at radius 1 is 1.10 bits per heavy atom. The molecule has 0 atom stereocenters. The van der Waals surface area contributed by atoms with Crippen molar-refractivity contribution in [2.75, 3.05) is 16.8 Å². The second-order valence-corrected chi connectivity index (χ2v) is 6.85. The van der Waals surface area contributed by atoms with Crippen LogP contribution in [-0.4, -0.2) is 41.8 Å². The number of carbonyl (C=O) groups is 3. The van der Waals surface area contributed by atoms with Crippen LogP contribution in [0.5, 0.6) is 0 Å². The van der Waals surface area contributed by atoms with E-state index < -0.39 is 13.0 Å². The molecular formula is C21H17BN2O6. The molecule has 2 aromatic carbocycles. The molecule has 1 aliphatic rings. The van der Waals surface area contributed by atoms with Gasteiger partial charge in [-0.15, -0.1) is 0 Å². The van der Waals surface area contributed by atoms with Gasteiger partial charge in [0.2, 0.25) is 0 Å². The van der Waals surface area contributed by atoms with Crippen LogP contribution in [0.4, 0.5) is 11.4 Å². The Balaban J connectivity index is 1.52. The first-order valence-corrected chi connectivity index (χ1v) is 9.21. The molecule has 0 unspecified atom stereocenters. The molecule has 0 radical (unpaired) electrons. The third-order valence-corrected chi connectivity index (χ3v) is 5.00. The first-order chi connectivity index (χ1) is 14.5. The third kappa shape index (κ3) is 3.63. The Morgan fingerprint density at radius 2 is 1.93 bits per heavy atom. The maximum atomic E-state index is 12.6. The van der Waals surface area contributed by atoms with E-state index in [1.54, 1.807) is 23.1 Å². The molecule has 150 valence electrons. The third-order valence-electron chi connectivity index (χ3n) is 5.00. The van der Waals surface area contributed by atoms with Crippen LogP contribution in [0, 0.1) is 0 Å². The summed E-state index contributed by atoms with van der Waals surface area (Å²) in [6, 6.07) is 10.9. The summed E-state index contributed by atoms with van der Waals surface area (Å²) in [5.41, 5.74) is 3.00. The van der Waals surface area contributed by atoms with Gasteiger partial charge in [-0.2, -0.15) is 0 Å². The number of anilines is 2. The predicted molar refractivity (Wildman–Crippen MR) is 110 cm³/mol. The molecule has 0 saturated heterocycles. The fourth-order valence-electron chi connectivity index (χ4n) is 3.49. The zero-order valence-corrected chi connectivity index (χ0v) is 15.7. The van der Waals surface area contributed by atoms with Crippen LogP contribution in [0.3, 0.4) is 0 Å². The summed E-state index contributed by atoms with van der Waals surface area (Å²) in [7, 11) is -1.80. The van der Waals surface area contributed by atoms with E-state index in [1.165, 1.54) is 30.7 Å². The van der Waals surface area contributed by atoms with Crippen LogP contribution in [0.25, 0.3) is 0 Å². The Hall–Kier alpha value is -3.69. The summed E-state index contributed by atoms with van der Waals surface area (Å²) in [6.07, 6.45) is 3.98. The lowest BCUT2D eigenvalue weighted by molar-refractivity contribution is 0.0986. The van der Waals surface area contributed by atoms with Gasteiger partial charge in [0.15, 0.2) is 0 Å². The van der Waals surface area contributed by atoms with Gasteiger partial charge in [-0.3, -0.25) is 14.4 Å². The fraction of sp³-hybridized carbons (Fsp3) is 0.0952. The number of hydrogen-bond donors (Lipinski definition) is 3. The van der Waals surface area contributed by atoms with Crippen LogP contribution in [0.2, 0.25) is 0 Å². The molecule has 4 rings (SSSR count). The lowest BCUT2D eigenvalue weighted by atomic mass is 9.77. The summed E-state index contributed by atoms with van der Waals surface area (Å²) < 4.78 is 4.98. The molecule has 30 heavy (non-hydrogen) atoms. The average Bonchev–Trinajstić information content (AvgIpc) is 3.42. The van der Waals surface area contributed by atoms with Crippen LogP contribution in [0.15, 0.2) is 59.4 Å². The molecule has 9 heteroatoms. The van der Waals surface area contributed by atoms with Crippen molar-refractivity contribution in [1.82, 2.24) is 0 Å². The number of nitrogens with one attached hydrogen (secondary N) is 1. The SMILES string of the molecule is O=Cc1cc(C(=O)Nc2ccc3c(c2)CCN3C(=O)c2ccoc2)ccc1B(O)O. The highest BCUT2D eigenvalue weighted by molar-refractivity contribution is 6.60. The molecule has 0 aliphatic carbocycles. The molecule has 3 aromatic rings. The highest BCUT2D eigenvalue weighted by Gasteiger charge is 2.26. The quantitative estimate of drug-likeness (QED) is 0.435. The van der Waals surface area contributed by atoms with Crippen molar-refractivity contribution >= 4 is 42.1 Å². The van der Waals surface area contributed by atoms with Gasteiger partial charge >= 0.3 is 7.12 Å². The van der Waals surface area contributed by atoms with Crippen molar-refractivity contribution < 1.29 is 28.8 Å². The molecule has 3 N–H and O–H groups in total. The maximum absolute atomic E-state index is 12.6. The van der Waals surface area contributed by atoms with Crippen molar-refractivity contribution in [3.05, 3.63) is 77.2 Å². The number of amides is 2. The maximum Gasteiger partial charge on any atom is 0.489 e. The number of rotatable bonds is 5. The smallest absolute Gasteiger partial charge is 0.472 e. The molecule has 0 saturated carbocycles. The van der Waals surface area contributed by atoms with E-state index in [0.717, 1.165) is 11.3 Å². The van der Waals surface area contributed by atoms with Gasteiger partial charge in [-0.05, 0) is 53.8 Å². The van der Waals surface area contributed by atoms with Crippen LogP contribution in [0.1, 0.15) is 36.6 Å². The molecular weight excluding hydrogens is 387 g/mol. The molecule has 1 aromatic heterocycles. The van der Waals surface area contributed by atoms with Crippen LogP contribution in [-0.2, 0) is 6.42 Å². The van der Waals surface area contributed by atoms with Gasteiger partial charge in [0.25, 0.3) is 11.8 Å². The van der Waals surface area contributed by atoms with E-state index in [9.17, 15) is 24.4 Å². The highest BCUT2D eigenvalue weighted by atomic mass is 16.4. The first-order valence-electron chi connectivity index (χ1n) is 9.21. The van der Waals surface area contributed by atoms with Gasteiger partial charge in [-0.1, -0.05) is 6.07 Å². The van der Waals surface area contributed by atoms with Crippen molar-refractivity contribution in [2.24, 2.45) is 0 Å². The minimum atomic E-state index is -1.80. The largest absolute Gasteiger partial charge is 0.489 e. The van der Waals surface area contributed by atoms with Crippen LogP contribution < -0.4 is 15.7 Å². The number of aldehydes is 1. The summed E-state index contributed by atoms with van der Waals surface area (Å²) in [5, 5.41) is 21.3. The molecule has 0 fully saturated rings. The molecule has 1 aliphatic heterocycles. The zero-order valence-electron chi connectivity index (χ0n) is 15.7. The second kappa shape index (κ2) is 7.98. The standard InChI is InChI=1S/C21H17BN2O6/c25-11-16-9-14(1-3-18(16)22(28)29)20(26)23-17-2-4-19-13(10-17)5-7-24(19)21(27)15-6-8-30-12-15/h1-4,6,8-12,28-29H,5,7H2,(H,23,26). The summed E-state index contributed by atoms with van der Waals surface area (Å²) in [6.45, 7) is 0.532. The number of furan rings is 1. The second-order valence-electron chi connectivity index (χ2n) is 6.85. The van der Waals surface area contributed by atoms with Gasteiger partial charge in [-0.25, -0.2) is 0 Å². The monoisotopic (exact) mass is 404 g/mol. The van der Waals surface area contributed by atoms with Gasteiger partial charge in [0.05, 0.1) is 11.8 Å². The van der Waals surface area contributed by atoms with Crippen molar-refractivity contribution in [3.63, 3.8) is 0 Å². The minimum absolute atomic E-state index is 0.0278. The number of hydrogen-bond acceptors (Lipinski definition) is 6. The van der Waals surface area contributed by atoms with Crippen molar-refractivity contribution in [1.29, 1.82) is 0 Å². The Bertz CT molecular complexity index is 1130. The molecule has 2 amide bonds. The van der Waals surface area contributed by atoms with E-state index in [-0.39, 0.29) is 22.5 Å². The average molecular weight is 404 g/mol. The van der Waals surface area contributed by atoms with Gasteiger partial charge in [0.1, 0.15) is 12.5 Å². The lowest BCUT2D eigenvalue weighted by Crippen LogP contribution is -2.33. The number of nitrogens with zero attached hydrogens (tertiary/aromatic N) is 1. The van der Waals surface area contributed by atoms with Gasteiger partial charge < -0.3 is 24.7 Å². The summed E-state index contributed by atoms with van der Waals surface area (Å²) >= 11 is 0. The van der Waals surface area contributed by atoms with Crippen LogP contribution >= 0.6 is 0 Å². The van der Waals surface area contributed by atoms with Crippen molar-refractivity contribution in [2.45, 2.75) is 6.42 Å².